The lowest BCUT2D eigenvalue weighted by molar-refractivity contribution is -0.142. The van der Waals surface area contributed by atoms with Gasteiger partial charge in [0.1, 0.15) is 6.61 Å². The van der Waals surface area contributed by atoms with E-state index in [2.05, 4.69) is 11.3 Å². The Kier molecular flexibility index (Phi) is 6.22. The molecule has 0 aromatic heterocycles. The van der Waals surface area contributed by atoms with Crippen LogP contribution in [0.1, 0.15) is 0 Å². The summed E-state index contributed by atoms with van der Waals surface area (Å²) in [6, 6.07) is 0. The van der Waals surface area contributed by atoms with E-state index in [4.69, 9.17) is 9.84 Å². The first-order valence-corrected chi connectivity index (χ1v) is 3.38. The second-order valence-corrected chi connectivity index (χ2v) is 1.88. The Bertz CT molecular complexity index is 157. The summed E-state index contributed by atoms with van der Waals surface area (Å²) in [5.74, 6) is -2.21. The van der Waals surface area contributed by atoms with Crippen LogP contribution in [0.25, 0.3) is 0 Å². The summed E-state index contributed by atoms with van der Waals surface area (Å²) in [6.07, 6.45) is 0. The molecule has 0 aromatic rings. The molecule has 0 aliphatic heterocycles. The van der Waals surface area contributed by atoms with Crippen LogP contribution in [0.15, 0.2) is 12.4 Å². The average molecular weight is 178 g/mol. The zero-order valence-corrected chi connectivity index (χ0v) is 6.59. The van der Waals surface area contributed by atoms with Crippen LogP contribution in [0.4, 0.5) is 4.39 Å². The molecule has 4 nitrogen and oxygen atoms in total. The van der Waals surface area contributed by atoms with E-state index < -0.39 is 11.8 Å². The number of esters is 1. The van der Waals surface area contributed by atoms with Crippen LogP contribution in [-0.2, 0) is 14.3 Å². The van der Waals surface area contributed by atoms with Crippen molar-refractivity contribution < 1.29 is 23.8 Å². The van der Waals surface area contributed by atoms with Gasteiger partial charge >= 0.3 is 5.97 Å². The fourth-order valence-corrected chi connectivity index (χ4v) is 0.438. The normalized spacial score (nSPS) is 9.50. The van der Waals surface area contributed by atoms with Crippen LogP contribution in [-0.4, -0.2) is 37.5 Å². The molecule has 0 atom stereocenters. The van der Waals surface area contributed by atoms with Gasteiger partial charge in [0.05, 0.1) is 19.8 Å². The molecule has 0 heterocycles. The Labute approximate surface area is 69.6 Å². The van der Waals surface area contributed by atoms with Crippen molar-refractivity contribution in [2.75, 3.05) is 26.4 Å². The third-order valence-electron chi connectivity index (χ3n) is 0.918. The molecule has 0 unspecified atom stereocenters. The molecule has 0 amide bonds. The molecule has 1 N–H and O–H groups in total. The zero-order chi connectivity index (χ0) is 9.40. The van der Waals surface area contributed by atoms with E-state index in [1.165, 1.54) is 0 Å². The van der Waals surface area contributed by atoms with Gasteiger partial charge in [-0.15, -0.1) is 0 Å². The quantitative estimate of drug-likeness (QED) is 0.354. The van der Waals surface area contributed by atoms with E-state index in [0.717, 1.165) is 0 Å². The maximum Gasteiger partial charge on any atom is 0.366 e. The maximum atomic E-state index is 11.9. The smallest absolute Gasteiger partial charge is 0.366 e. The SMILES string of the molecule is C=C(F)C(=O)OCCOCCO. The fraction of sp³-hybridized carbons (Fsp3) is 0.571. The number of aliphatic hydroxyl groups excluding tert-OH is 1. The van der Waals surface area contributed by atoms with E-state index in [1.54, 1.807) is 0 Å². The number of hydrogen-bond acceptors (Lipinski definition) is 4. The largest absolute Gasteiger partial charge is 0.458 e. The number of carbonyl (C=O) groups excluding carboxylic acids is 1. The van der Waals surface area contributed by atoms with Crippen molar-refractivity contribution in [3.05, 3.63) is 12.4 Å². The van der Waals surface area contributed by atoms with Gasteiger partial charge in [0.15, 0.2) is 0 Å². The molecular formula is C7H11FO4. The summed E-state index contributed by atoms with van der Waals surface area (Å²) in [4.78, 5) is 10.4. The Morgan fingerprint density at radius 3 is 2.58 bits per heavy atom. The lowest BCUT2D eigenvalue weighted by Gasteiger charge is -2.02. The molecule has 12 heavy (non-hydrogen) atoms. The molecule has 0 aromatic carbocycles. The van der Waals surface area contributed by atoms with E-state index in [9.17, 15) is 9.18 Å². The average Bonchev–Trinajstić information content (AvgIpc) is 2.03. The standard InChI is InChI=1S/C7H11FO4/c1-6(8)7(10)12-5-4-11-3-2-9/h9H,1-5H2. The molecular weight excluding hydrogens is 167 g/mol. The fourth-order valence-electron chi connectivity index (χ4n) is 0.438. The van der Waals surface area contributed by atoms with Crippen LogP contribution in [0.2, 0.25) is 0 Å². The lowest BCUT2D eigenvalue weighted by atomic mass is 10.6. The third-order valence-corrected chi connectivity index (χ3v) is 0.918. The predicted molar refractivity (Wildman–Crippen MR) is 39.1 cm³/mol. The monoisotopic (exact) mass is 178 g/mol. The van der Waals surface area contributed by atoms with Crippen LogP contribution in [0.5, 0.6) is 0 Å². The van der Waals surface area contributed by atoms with Crippen molar-refractivity contribution in [3.63, 3.8) is 0 Å². The van der Waals surface area contributed by atoms with Gasteiger partial charge in [-0.3, -0.25) is 0 Å². The topological polar surface area (TPSA) is 55.8 Å². The van der Waals surface area contributed by atoms with Gasteiger partial charge in [-0.25, -0.2) is 4.79 Å². The van der Waals surface area contributed by atoms with Crippen LogP contribution < -0.4 is 0 Å². The highest BCUT2D eigenvalue weighted by Gasteiger charge is 2.05. The summed E-state index contributed by atoms with van der Waals surface area (Å²) in [5.41, 5.74) is 0. The first kappa shape index (κ1) is 11.1. The first-order chi connectivity index (χ1) is 5.68. The highest BCUT2D eigenvalue weighted by atomic mass is 19.1. The minimum absolute atomic E-state index is 0.0399. The predicted octanol–water partition coefficient (Wildman–Crippen LogP) is 0.0217. The number of carbonyl (C=O) groups is 1. The minimum Gasteiger partial charge on any atom is -0.458 e. The number of ether oxygens (including phenoxy) is 2. The Balaban J connectivity index is 3.20. The summed E-state index contributed by atoms with van der Waals surface area (Å²) >= 11 is 0. The molecule has 0 saturated heterocycles. The second-order valence-electron chi connectivity index (χ2n) is 1.88. The van der Waals surface area contributed by atoms with Gasteiger partial charge in [-0.2, -0.15) is 4.39 Å². The van der Waals surface area contributed by atoms with E-state index >= 15 is 0 Å². The summed E-state index contributed by atoms with van der Waals surface area (Å²) in [5, 5.41) is 8.26. The molecule has 0 saturated carbocycles. The van der Waals surface area contributed by atoms with Gasteiger partial charge in [-0.05, 0) is 0 Å². The highest BCUT2D eigenvalue weighted by molar-refractivity contribution is 5.85. The minimum atomic E-state index is -1.13. The molecule has 70 valence electrons. The van der Waals surface area contributed by atoms with Crippen molar-refractivity contribution in [2.45, 2.75) is 0 Å². The molecule has 0 aliphatic carbocycles. The van der Waals surface area contributed by atoms with Crippen molar-refractivity contribution >= 4 is 5.97 Å². The van der Waals surface area contributed by atoms with E-state index in [-0.39, 0.29) is 26.4 Å². The molecule has 0 spiro atoms. The van der Waals surface area contributed by atoms with E-state index in [0.29, 0.717) is 0 Å². The molecule has 5 heteroatoms. The Morgan fingerprint density at radius 2 is 2.08 bits per heavy atom. The second kappa shape index (κ2) is 6.75. The van der Waals surface area contributed by atoms with Gasteiger partial charge in [0.2, 0.25) is 5.83 Å². The van der Waals surface area contributed by atoms with Crippen molar-refractivity contribution in [3.8, 4) is 0 Å². The maximum absolute atomic E-state index is 11.9. The Hall–Kier alpha value is -0.940. The Morgan fingerprint density at radius 1 is 1.42 bits per heavy atom. The summed E-state index contributed by atoms with van der Waals surface area (Å²) in [7, 11) is 0. The van der Waals surface area contributed by atoms with Crippen LogP contribution in [0.3, 0.4) is 0 Å². The zero-order valence-electron chi connectivity index (χ0n) is 6.59. The number of rotatable bonds is 6. The first-order valence-electron chi connectivity index (χ1n) is 3.38. The van der Waals surface area contributed by atoms with Crippen LogP contribution in [0, 0.1) is 0 Å². The number of aliphatic hydroxyl groups is 1. The molecule has 0 radical (unpaired) electrons. The number of halogens is 1. The van der Waals surface area contributed by atoms with E-state index in [1.807, 2.05) is 0 Å². The summed E-state index contributed by atoms with van der Waals surface area (Å²) in [6.45, 7) is 2.93. The van der Waals surface area contributed by atoms with Crippen molar-refractivity contribution in [1.29, 1.82) is 0 Å². The third kappa shape index (κ3) is 5.82. The van der Waals surface area contributed by atoms with Crippen molar-refractivity contribution in [1.82, 2.24) is 0 Å². The molecule has 0 fully saturated rings. The lowest BCUT2D eigenvalue weighted by Crippen LogP contribution is -2.11. The number of hydrogen-bond donors (Lipinski definition) is 1. The van der Waals surface area contributed by atoms with Crippen LogP contribution >= 0.6 is 0 Å². The van der Waals surface area contributed by atoms with Gasteiger partial charge in [-0.1, -0.05) is 6.58 Å². The molecule has 0 rings (SSSR count). The highest BCUT2D eigenvalue weighted by Crippen LogP contribution is 1.94. The summed E-state index contributed by atoms with van der Waals surface area (Å²) < 4.78 is 21.0. The molecule has 0 aliphatic rings. The van der Waals surface area contributed by atoms with Gasteiger partial charge in [0.25, 0.3) is 0 Å². The van der Waals surface area contributed by atoms with Gasteiger partial charge < -0.3 is 14.6 Å². The van der Waals surface area contributed by atoms with Crippen molar-refractivity contribution in [2.24, 2.45) is 0 Å². The van der Waals surface area contributed by atoms with Gasteiger partial charge in [0, 0.05) is 0 Å². The molecule has 0 bridgehead atoms.